The Morgan fingerprint density at radius 2 is 2.19 bits per heavy atom. The molecular weight excluding hydrogens is 282 g/mol. The molecule has 0 atom stereocenters. The molecule has 2 aromatic rings. The predicted molar refractivity (Wildman–Crippen MR) is 88.7 cm³/mol. The van der Waals surface area contributed by atoms with Crippen molar-refractivity contribution in [3.8, 4) is 11.1 Å². The molecule has 0 unspecified atom stereocenters. The number of likely N-dealkylation sites (N-methyl/N-ethyl adjacent to an activating group) is 1. The molecule has 112 valence electrons. The molecule has 0 aromatic carbocycles. The Labute approximate surface area is 129 Å². The Bertz CT molecular complexity index is 577. The minimum absolute atomic E-state index is 0.594. The van der Waals surface area contributed by atoms with Crippen molar-refractivity contribution >= 4 is 22.4 Å². The number of hydrogen-bond donors (Lipinski definition) is 1. The molecule has 2 aromatic heterocycles. The highest BCUT2D eigenvalue weighted by molar-refractivity contribution is 7.11. The maximum atomic E-state index is 6.06. The van der Waals surface area contributed by atoms with Crippen LogP contribution in [0.3, 0.4) is 0 Å². The van der Waals surface area contributed by atoms with Crippen LogP contribution in [-0.4, -0.2) is 47.5 Å². The molecule has 2 N–H and O–H groups in total. The molecule has 1 aliphatic rings. The molecule has 21 heavy (non-hydrogen) atoms. The minimum atomic E-state index is 0.594. The van der Waals surface area contributed by atoms with Crippen LogP contribution in [0.5, 0.6) is 0 Å². The third kappa shape index (κ3) is 3.16. The SMILES string of the molecule is CN(CCN1CCCC1)c1snc(N)c1-c1cccnc1. The molecule has 3 rings (SSSR count). The average Bonchev–Trinajstić information content (AvgIpc) is 3.15. The van der Waals surface area contributed by atoms with Gasteiger partial charge in [-0.1, -0.05) is 6.07 Å². The van der Waals surface area contributed by atoms with Crippen LogP contribution in [-0.2, 0) is 0 Å². The van der Waals surface area contributed by atoms with Gasteiger partial charge in [-0.05, 0) is 43.5 Å². The number of anilines is 2. The van der Waals surface area contributed by atoms with Crippen LogP contribution in [0, 0.1) is 0 Å². The Hall–Kier alpha value is -1.66. The summed E-state index contributed by atoms with van der Waals surface area (Å²) in [7, 11) is 2.11. The molecule has 3 heterocycles. The van der Waals surface area contributed by atoms with Crippen molar-refractivity contribution in [1.29, 1.82) is 0 Å². The van der Waals surface area contributed by atoms with Gasteiger partial charge in [0, 0.05) is 38.1 Å². The van der Waals surface area contributed by atoms with Crippen molar-refractivity contribution in [1.82, 2.24) is 14.3 Å². The van der Waals surface area contributed by atoms with Gasteiger partial charge in [0.1, 0.15) is 10.8 Å². The number of pyridine rings is 1. The summed E-state index contributed by atoms with van der Waals surface area (Å²) in [4.78, 5) is 8.96. The summed E-state index contributed by atoms with van der Waals surface area (Å²) in [6.07, 6.45) is 6.28. The zero-order valence-electron chi connectivity index (χ0n) is 12.3. The number of nitrogens with zero attached hydrogens (tertiary/aromatic N) is 4. The first-order chi connectivity index (χ1) is 10.3. The van der Waals surface area contributed by atoms with Crippen molar-refractivity contribution in [2.24, 2.45) is 0 Å². The molecule has 1 saturated heterocycles. The van der Waals surface area contributed by atoms with E-state index in [4.69, 9.17) is 5.73 Å². The summed E-state index contributed by atoms with van der Waals surface area (Å²) in [6, 6.07) is 3.96. The molecule has 1 fully saturated rings. The first-order valence-electron chi connectivity index (χ1n) is 7.35. The summed E-state index contributed by atoms with van der Waals surface area (Å²) < 4.78 is 4.33. The lowest BCUT2D eigenvalue weighted by Gasteiger charge is -2.22. The van der Waals surface area contributed by atoms with Crippen molar-refractivity contribution in [3.63, 3.8) is 0 Å². The standard InChI is InChI=1S/C15H21N5S/c1-19(9-10-20-7-2-3-8-20)15-13(14(16)18-21-15)12-5-4-6-17-11-12/h4-6,11H,2-3,7-10H2,1H3,(H2,16,18). The van der Waals surface area contributed by atoms with Crippen LogP contribution >= 0.6 is 11.5 Å². The van der Waals surface area contributed by atoms with Gasteiger partial charge in [-0.3, -0.25) is 4.98 Å². The topological polar surface area (TPSA) is 58.3 Å². The van der Waals surface area contributed by atoms with Gasteiger partial charge in [-0.15, -0.1) is 0 Å². The number of rotatable bonds is 5. The van der Waals surface area contributed by atoms with Gasteiger partial charge >= 0.3 is 0 Å². The number of hydrogen-bond acceptors (Lipinski definition) is 6. The molecule has 5 nitrogen and oxygen atoms in total. The van der Waals surface area contributed by atoms with Crippen molar-refractivity contribution < 1.29 is 0 Å². The van der Waals surface area contributed by atoms with Crippen LogP contribution in [0.2, 0.25) is 0 Å². The third-order valence-corrected chi connectivity index (χ3v) is 4.92. The van der Waals surface area contributed by atoms with E-state index in [-0.39, 0.29) is 0 Å². The summed E-state index contributed by atoms with van der Waals surface area (Å²) in [6.45, 7) is 4.55. The van der Waals surface area contributed by atoms with Crippen molar-refractivity contribution in [2.75, 3.05) is 43.9 Å². The fourth-order valence-electron chi connectivity index (χ4n) is 2.74. The number of nitrogen functional groups attached to an aromatic ring is 1. The molecule has 6 heteroatoms. The minimum Gasteiger partial charge on any atom is -0.382 e. The zero-order valence-corrected chi connectivity index (χ0v) is 13.1. The number of likely N-dealkylation sites (tertiary alicyclic amines) is 1. The van der Waals surface area contributed by atoms with Crippen LogP contribution in [0.25, 0.3) is 11.1 Å². The average molecular weight is 303 g/mol. The van der Waals surface area contributed by atoms with Gasteiger partial charge in [0.15, 0.2) is 0 Å². The molecule has 0 radical (unpaired) electrons. The van der Waals surface area contributed by atoms with E-state index in [9.17, 15) is 0 Å². The highest BCUT2D eigenvalue weighted by Gasteiger charge is 2.18. The van der Waals surface area contributed by atoms with Gasteiger partial charge in [0.2, 0.25) is 0 Å². The van der Waals surface area contributed by atoms with Gasteiger partial charge < -0.3 is 15.5 Å². The van der Waals surface area contributed by atoms with Crippen LogP contribution in [0.1, 0.15) is 12.8 Å². The lowest BCUT2D eigenvalue weighted by Crippen LogP contribution is -2.31. The quantitative estimate of drug-likeness (QED) is 0.918. The Morgan fingerprint density at radius 3 is 2.90 bits per heavy atom. The molecule has 0 aliphatic carbocycles. The van der Waals surface area contributed by atoms with Crippen LogP contribution in [0.15, 0.2) is 24.5 Å². The number of aromatic nitrogens is 2. The van der Waals surface area contributed by atoms with Gasteiger partial charge in [0.25, 0.3) is 0 Å². The normalized spacial score (nSPS) is 15.5. The first-order valence-corrected chi connectivity index (χ1v) is 8.12. The van der Waals surface area contributed by atoms with E-state index in [1.54, 1.807) is 6.20 Å². The van der Waals surface area contributed by atoms with Crippen molar-refractivity contribution in [2.45, 2.75) is 12.8 Å². The second-order valence-electron chi connectivity index (χ2n) is 5.46. The monoisotopic (exact) mass is 303 g/mol. The predicted octanol–water partition coefficient (Wildman–Crippen LogP) is 2.32. The Kier molecular flexibility index (Phi) is 4.36. The van der Waals surface area contributed by atoms with Crippen molar-refractivity contribution in [3.05, 3.63) is 24.5 Å². The lowest BCUT2D eigenvalue weighted by atomic mass is 10.1. The summed E-state index contributed by atoms with van der Waals surface area (Å²) in [5.41, 5.74) is 8.11. The van der Waals surface area contributed by atoms with Gasteiger partial charge in [-0.2, -0.15) is 4.37 Å². The van der Waals surface area contributed by atoms with E-state index in [1.807, 2.05) is 18.3 Å². The Morgan fingerprint density at radius 1 is 1.38 bits per heavy atom. The Balaban J connectivity index is 1.75. The van der Waals surface area contributed by atoms with Gasteiger partial charge in [-0.25, -0.2) is 0 Å². The summed E-state index contributed by atoms with van der Waals surface area (Å²) >= 11 is 1.47. The van der Waals surface area contributed by atoms with E-state index < -0.39 is 0 Å². The second-order valence-corrected chi connectivity index (χ2v) is 6.21. The van der Waals surface area contributed by atoms with E-state index in [0.29, 0.717) is 5.82 Å². The fourth-order valence-corrected chi connectivity index (χ4v) is 3.56. The van der Waals surface area contributed by atoms with Crippen LogP contribution < -0.4 is 10.6 Å². The number of nitrogens with two attached hydrogens (primary N) is 1. The summed E-state index contributed by atoms with van der Waals surface area (Å²) in [5, 5.41) is 1.12. The molecule has 0 saturated carbocycles. The highest BCUT2D eigenvalue weighted by Crippen LogP contribution is 2.38. The molecular formula is C15H21N5S. The largest absolute Gasteiger partial charge is 0.382 e. The summed E-state index contributed by atoms with van der Waals surface area (Å²) in [5.74, 6) is 0.594. The fraction of sp³-hybridized carbons (Fsp3) is 0.467. The van der Waals surface area contributed by atoms with Crippen LogP contribution in [0.4, 0.5) is 10.8 Å². The van der Waals surface area contributed by atoms with E-state index >= 15 is 0 Å². The highest BCUT2D eigenvalue weighted by atomic mass is 32.1. The van der Waals surface area contributed by atoms with E-state index in [2.05, 4.69) is 26.2 Å². The maximum Gasteiger partial charge on any atom is 0.147 e. The second kappa shape index (κ2) is 6.41. The van der Waals surface area contributed by atoms with E-state index in [0.717, 1.165) is 29.2 Å². The lowest BCUT2D eigenvalue weighted by molar-refractivity contribution is 0.347. The molecule has 0 spiro atoms. The zero-order chi connectivity index (χ0) is 14.7. The molecule has 1 aliphatic heterocycles. The molecule has 0 amide bonds. The third-order valence-electron chi connectivity index (χ3n) is 3.95. The smallest absolute Gasteiger partial charge is 0.147 e. The van der Waals surface area contributed by atoms with E-state index in [1.165, 1.54) is 37.5 Å². The van der Waals surface area contributed by atoms with Gasteiger partial charge in [0.05, 0.1) is 5.56 Å². The first kappa shape index (κ1) is 14.3. The maximum absolute atomic E-state index is 6.06. The molecule has 0 bridgehead atoms.